The Hall–Kier alpha value is -3.81. The first-order chi connectivity index (χ1) is 16.9. The lowest BCUT2D eigenvalue weighted by molar-refractivity contribution is -0.122. The molecule has 2 aromatic carbocycles. The summed E-state index contributed by atoms with van der Waals surface area (Å²) in [4.78, 5) is 50.8. The Kier molecular flexibility index (Phi) is 4.88. The van der Waals surface area contributed by atoms with Gasteiger partial charge in [-0.3, -0.25) is 24.4 Å². The number of imide groups is 1. The number of amides is 2. The van der Waals surface area contributed by atoms with E-state index in [1.807, 2.05) is 0 Å². The highest BCUT2D eigenvalue weighted by Crippen LogP contribution is 2.49. The first kappa shape index (κ1) is 21.7. The van der Waals surface area contributed by atoms with Crippen molar-refractivity contribution < 1.29 is 19.5 Å². The number of hydrogen-bond donors (Lipinski definition) is 1. The van der Waals surface area contributed by atoms with Crippen LogP contribution in [0.3, 0.4) is 0 Å². The van der Waals surface area contributed by atoms with Crippen LogP contribution < -0.4 is 4.90 Å². The third-order valence-corrected chi connectivity index (χ3v) is 7.09. The van der Waals surface area contributed by atoms with Gasteiger partial charge in [-0.25, -0.2) is 4.90 Å². The van der Waals surface area contributed by atoms with Crippen LogP contribution in [0.4, 0.5) is 5.69 Å². The molecule has 0 unspecified atom stereocenters. The van der Waals surface area contributed by atoms with Crippen molar-refractivity contribution >= 4 is 58.0 Å². The van der Waals surface area contributed by atoms with Crippen LogP contribution >= 0.6 is 23.2 Å². The predicted molar refractivity (Wildman–Crippen MR) is 131 cm³/mol. The van der Waals surface area contributed by atoms with E-state index in [0.717, 1.165) is 4.90 Å². The summed E-state index contributed by atoms with van der Waals surface area (Å²) in [5, 5.41) is 11.5. The number of carbonyl (C=O) groups is 3. The van der Waals surface area contributed by atoms with Crippen LogP contribution in [0.15, 0.2) is 77.4 Å². The number of benzene rings is 2. The second-order valence-electron chi connectivity index (χ2n) is 8.42. The van der Waals surface area contributed by atoms with Gasteiger partial charge in [0.2, 0.25) is 11.8 Å². The van der Waals surface area contributed by atoms with Crippen LogP contribution in [0.5, 0.6) is 0 Å². The molecule has 172 valence electrons. The largest absolute Gasteiger partial charge is 0.506 e. The van der Waals surface area contributed by atoms with Gasteiger partial charge >= 0.3 is 0 Å². The van der Waals surface area contributed by atoms with E-state index in [0.29, 0.717) is 21.8 Å². The minimum atomic E-state index is -1.09. The molecule has 9 heteroatoms. The summed E-state index contributed by atoms with van der Waals surface area (Å²) in [7, 11) is 0. The fourth-order valence-corrected chi connectivity index (χ4v) is 5.52. The molecule has 7 nitrogen and oxygen atoms in total. The van der Waals surface area contributed by atoms with Crippen LogP contribution in [0.2, 0.25) is 10.0 Å². The number of halogens is 2. The molecular weight excluding hydrogens is 489 g/mol. The number of anilines is 1. The number of pyridine rings is 1. The molecule has 0 spiro atoms. The number of aliphatic hydroxyl groups excluding tert-OH is 1. The van der Waals surface area contributed by atoms with E-state index in [1.54, 1.807) is 48.7 Å². The summed E-state index contributed by atoms with van der Waals surface area (Å²) in [5.74, 6) is -3.83. The van der Waals surface area contributed by atoms with Crippen molar-refractivity contribution in [3.63, 3.8) is 0 Å². The fourth-order valence-electron chi connectivity index (χ4n) is 5.03. The number of aromatic nitrogens is 1. The first-order valence-corrected chi connectivity index (χ1v) is 11.5. The minimum Gasteiger partial charge on any atom is -0.506 e. The zero-order chi connectivity index (χ0) is 24.4. The summed E-state index contributed by atoms with van der Waals surface area (Å²) in [6.07, 6.45) is 1.57. The summed E-state index contributed by atoms with van der Waals surface area (Å²) in [5.41, 5.74) is 1.36. The highest BCUT2D eigenvalue weighted by molar-refractivity contribution is 6.44. The third kappa shape index (κ3) is 3.08. The Morgan fingerprint density at radius 3 is 2.31 bits per heavy atom. The fraction of sp³-hybridized carbons (Fsp3) is 0.115. The van der Waals surface area contributed by atoms with E-state index in [1.165, 1.54) is 18.2 Å². The second-order valence-corrected chi connectivity index (χ2v) is 9.27. The molecule has 1 aliphatic carbocycles. The third-order valence-electron chi connectivity index (χ3n) is 6.55. The number of aliphatic imine (C=N–C) groups is 1. The molecule has 3 atom stereocenters. The Bertz CT molecular complexity index is 1520. The SMILES string of the molecule is O=C1C(C2=N[C@H](c3ccccn3)[C@@H]3C(=O)N(c4ccc(Cl)cc4Cl)C(=O)[C@@H]23)=C(O)c2ccccc21. The topological polar surface area (TPSA) is 99.9 Å². The lowest BCUT2D eigenvalue weighted by atomic mass is 9.84. The smallest absolute Gasteiger partial charge is 0.243 e. The van der Waals surface area contributed by atoms with Crippen LogP contribution in [0.25, 0.3) is 5.76 Å². The molecule has 0 bridgehead atoms. The maximum Gasteiger partial charge on any atom is 0.243 e. The molecule has 2 amide bonds. The van der Waals surface area contributed by atoms with E-state index in [2.05, 4.69) is 9.98 Å². The van der Waals surface area contributed by atoms with Crippen molar-refractivity contribution in [3.8, 4) is 0 Å². The normalized spacial score (nSPS) is 23.1. The molecule has 1 fully saturated rings. The van der Waals surface area contributed by atoms with E-state index in [4.69, 9.17) is 23.2 Å². The number of aliphatic hydroxyl groups is 1. The Morgan fingerprint density at radius 2 is 1.63 bits per heavy atom. The van der Waals surface area contributed by atoms with Crippen LogP contribution in [0, 0.1) is 11.8 Å². The molecule has 0 radical (unpaired) electrons. The summed E-state index contributed by atoms with van der Waals surface area (Å²) in [6, 6.07) is 15.5. The highest BCUT2D eigenvalue weighted by atomic mass is 35.5. The molecule has 0 saturated carbocycles. The molecule has 1 saturated heterocycles. The standard InChI is InChI=1S/C26H15Cl2N3O4/c27-12-8-9-17(15(28)11-12)31-25(34)18-19(26(31)35)22(30-21(18)16-7-3-4-10-29-16)20-23(32)13-5-1-2-6-14(13)24(20)33/h1-11,18-19,21,32H/t18-,19-,21-/m1/s1. The van der Waals surface area contributed by atoms with E-state index in [-0.39, 0.29) is 27.8 Å². The molecule has 2 aliphatic heterocycles. The molecular formula is C26H15Cl2N3O4. The number of ketones is 1. The molecule has 1 aromatic heterocycles. The number of nitrogens with zero attached hydrogens (tertiary/aromatic N) is 3. The average molecular weight is 504 g/mol. The number of hydrogen-bond acceptors (Lipinski definition) is 6. The number of Topliss-reactive ketones (excluding diaryl/α,β-unsaturated/α-hetero) is 1. The summed E-state index contributed by atoms with van der Waals surface area (Å²) < 4.78 is 0. The quantitative estimate of drug-likeness (QED) is 0.514. The number of fused-ring (bicyclic) bond motifs is 2. The van der Waals surface area contributed by atoms with Gasteiger partial charge in [0.25, 0.3) is 0 Å². The molecule has 3 heterocycles. The maximum atomic E-state index is 13.8. The van der Waals surface area contributed by atoms with Gasteiger partial charge in [-0.05, 0) is 30.3 Å². The van der Waals surface area contributed by atoms with Crippen molar-refractivity contribution in [2.75, 3.05) is 4.90 Å². The van der Waals surface area contributed by atoms with Gasteiger partial charge in [0, 0.05) is 22.3 Å². The molecule has 6 rings (SSSR count). The van der Waals surface area contributed by atoms with Gasteiger partial charge in [0.05, 0.1) is 39.5 Å². The van der Waals surface area contributed by atoms with Crippen molar-refractivity contribution in [1.82, 2.24) is 4.98 Å². The van der Waals surface area contributed by atoms with Crippen LogP contribution in [-0.4, -0.2) is 33.4 Å². The number of allylic oxidation sites excluding steroid dienone is 1. The lowest BCUT2D eigenvalue weighted by Crippen LogP contribution is -2.34. The second kappa shape index (κ2) is 7.86. The van der Waals surface area contributed by atoms with Gasteiger partial charge < -0.3 is 5.11 Å². The highest BCUT2D eigenvalue weighted by Gasteiger charge is 2.60. The molecule has 3 aliphatic rings. The van der Waals surface area contributed by atoms with Crippen LogP contribution in [0.1, 0.15) is 27.7 Å². The van der Waals surface area contributed by atoms with Crippen LogP contribution in [-0.2, 0) is 9.59 Å². The Morgan fingerprint density at radius 1 is 0.886 bits per heavy atom. The zero-order valence-electron chi connectivity index (χ0n) is 17.9. The van der Waals surface area contributed by atoms with Gasteiger partial charge in [0.1, 0.15) is 11.8 Å². The number of rotatable bonds is 3. The Labute approximate surface area is 209 Å². The maximum absolute atomic E-state index is 13.8. The lowest BCUT2D eigenvalue weighted by Gasteiger charge is -2.19. The van der Waals surface area contributed by atoms with Crippen molar-refractivity contribution in [1.29, 1.82) is 0 Å². The van der Waals surface area contributed by atoms with Crippen molar-refractivity contribution in [3.05, 3.63) is 99.3 Å². The number of carbonyl (C=O) groups excluding carboxylic acids is 3. The predicted octanol–water partition coefficient (Wildman–Crippen LogP) is 4.86. The van der Waals surface area contributed by atoms with Gasteiger partial charge in [-0.15, -0.1) is 0 Å². The molecule has 35 heavy (non-hydrogen) atoms. The van der Waals surface area contributed by atoms with Crippen molar-refractivity contribution in [2.45, 2.75) is 6.04 Å². The van der Waals surface area contributed by atoms with Crippen molar-refractivity contribution in [2.24, 2.45) is 16.8 Å². The molecule has 1 N–H and O–H groups in total. The minimum absolute atomic E-state index is 0.0650. The average Bonchev–Trinajstić information content (AvgIpc) is 3.45. The van der Waals surface area contributed by atoms with Gasteiger partial charge in [-0.1, -0.05) is 53.5 Å². The van der Waals surface area contributed by atoms with E-state index < -0.39 is 35.5 Å². The zero-order valence-corrected chi connectivity index (χ0v) is 19.4. The van der Waals surface area contributed by atoms with E-state index >= 15 is 0 Å². The summed E-state index contributed by atoms with van der Waals surface area (Å²) in [6.45, 7) is 0. The molecule has 3 aromatic rings. The van der Waals surface area contributed by atoms with Gasteiger partial charge in [0.15, 0.2) is 5.78 Å². The van der Waals surface area contributed by atoms with Gasteiger partial charge in [-0.2, -0.15) is 0 Å². The Balaban J connectivity index is 1.52. The summed E-state index contributed by atoms with van der Waals surface area (Å²) >= 11 is 12.4. The monoisotopic (exact) mass is 503 g/mol. The van der Waals surface area contributed by atoms with E-state index in [9.17, 15) is 19.5 Å². The first-order valence-electron chi connectivity index (χ1n) is 10.8.